The predicted octanol–water partition coefficient (Wildman–Crippen LogP) is 2.20. The molecule has 7 amide bonds. The van der Waals surface area contributed by atoms with Crippen molar-refractivity contribution in [1.82, 2.24) is 56.3 Å². The number of aliphatic imine (C=N–C) groups is 1. The van der Waals surface area contributed by atoms with E-state index < -0.39 is 84.6 Å². The molecule has 1 aliphatic heterocycles. The number of anilines is 1. The number of carbonyl (C=O) groups excluding carboxylic acids is 7. The molecule has 0 spiro atoms. The molecule has 25 nitrogen and oxygen atoms in total. The molecule has 4 aromatic carbocycles. The van der Waals surface area contributed by atoms with E-state index in [1.807, 2.05) is 36.4 Å². The van der Waals surface area contributed by atoms with Gasteiger partial charge in [-0.05, 0) is 78.6 Å². The Morgan fingerprint density at radius 3 is 2.09 bits per heavy atom. The Labute approximate surface area is 506 Å². The lowest BCUT2D eigenvalue weighted by molar-refractivity contribution is -0.136. The lowest BCUT2D eigenvalue weighted by atomic mass is 9.97. The molecule has 88 heavy (non-hydrogen) atoms. The lowest BCUT2D eigenvalue weighted by Gasteiger charge is -2.32. The molecule has 1 saturated heterocycles. The number of nitrogens with zero attached hydrogens (tertiary/aromatic N) is 4. The monoisotopic (exact) mass is 1200 g/mol. The summed E-state index contributed by atoms with van der Waals surface area (Å²) in [5.41, 5.74) is 18.1. The third-order valence-electron chi connectivity index (χ3n) is 15.2. The van der Waals surface area contributed by atoms with Crippen LogP contribution in [0.5, 0.6) is 0 Å². The SMILES string of the molecule is CNC(=O)C(Cc1ccccc1)NC(=O)C(CO)NC(=O)C(NC(=O)C(CCCN=C(N)N)NC(=O)CNC(=O)CCC(=O)Nc1ccc2[nH]c(=O)n(C3CCN(Cc4ccc(-c5nc6cc[nH]c(=O)c6cc5-c5ccccc5)cc4)CC3)c2c1)C(C)C. The van der Waals surface area contributed by atoms with E-state index in [1.165, 1.54) is 7.05 Å². The Hall–Kier alpha value is -10.0. The smallest absolute Gasteiger partial charge is 0.326 e. The van der Waals surface area contributed by atoms with E-state index in [2.05, 4.69) is 81.3 Å². The van der Waals surface area contributed by atoms with Gasteiger partial charge >= 0.3 is 5.69 Å². The molecular formula is C63H75N15O10. The molecule has 4 heterocycles. The van der Waals surface area contributed by atoms with Crippen molar-refractivity contribution in [2.24, 2.45) is 22.4 Å². The second-order valence-corrected chi connectivity index (χ2v) is 22.0. The number of amides is 7. The van der Waals surface area contributed by atoms with Gasteiger partial charge in [0, 0.05) is 81.5 Å². The molecule has 0 aliphatic carbocycles. The zero-order valence-electron chi connectivity index (χ0n) is 49.3. The number of pyridine rings is 2. The van der Waals surface area contributed by atoms with Crippen molar-refractivity contribution in [3.05, 3.63) is 153 Å². The summed E-state index contributed by atoms with van der Waals surface area (Å²) in [6.07, 6.45) is 2.80. The fraction of sp³-hybridized carbons (Fsp3) is 0.349. The van der Waals surface area contributed by atoms with Gasteiger partial charge in [0.2, 0.25) is 41.4 Å². The number of aromatic nitrogens is 4. The van der Waals surface area contributed by atoms with Gasteiger partial charge in [-0.1, -0.05) is 98.8 Å². The number of hydrogen-bond acceptors (Lipinski definition) is 13. The van der Waals surface area contributed by atoms with Gasteiger partial charge in [-0.15, -0.1) is 0 Å². The fourth-order valence-electron chi connectivity index (χ4n) is 10.6. The summed E-state index contributed by atoms with van der Waals surface area (Å²) in [7, 11) is 1.41. The maximum Gasteiger partial charge on any atom is 0.326 e. The van der Waals surface area contributed by atoms with Gasteiger partial charge in [-0.2, -0.15) is 0 Å². The summed E-state index contributed by atoms with van der Waals surface area (Å²) in [4.78, 5) is 136. The maximum absolute atomic E-state index is 13.8. The van der Waals surface area contributed by atoms with Gasteiger partial charge < -0.3 is 63.8 Å². The van der Waals surface area contributed by atoms with Gasteiger partial charge in [0.05, 0.1) is 40.8 Å². The third-order valence-corrected chi connectivity index (χ3v) is 15.2. The van der Waals surface area contributed by atoms with Crippen LogP contribution in [-0.4, -0.2) is 141 Å². The third kappa shape index (κ3) is 17.1. The molecule has 1 aliphatic rings. The number of aliphatic hydroxyl groups excluding tert-OH is 1. The highest BCUT2D eigenvalue weighted by atomic mass is 16.3. The zero-order chi connectivity index (χ0) is 62.9. The first-order chi connectivity index (χ1) is 42.4. The van der Waals surface area contributed by atoms with Crippen molar-refractivity contribution < 1.29 is 38.7 Å². The number of likely N-dealkylation sites (tertiary alicyclic amines) is 1. The van der Waals surface area contributed by atoms with E-state index in [9.17, 15) is 48.3 Å². The molecule has 7 aromatic rings. The van der Waals surface area contributed by atoms with Crippen LogP contribution in [0, 0.1) is 5.92 Å². The van der Waals surface area contributed by atoms with Crippen LogP contribution in [0.25, 0.3) is 44.3 Å². The van der Waals surface area contributed by atoms with E-state index >= 15 is 0 Å². The quantitative estimate of drug-likeness (QED) is 0.0200. The number of carbonyl (C=O) groups is 7. The van der Waals surface area contributed by atoms with Crippen molar-refractivity contribution in [3.63, 3.8) is 0 Å². The molecule has 25 heteroatoms. The Kier molecular flexibility index (Phi) is 22.1. The van der Waals surface area contributed by atoms with Gasteiger partial charge in [0.1, 0.15) is 24.2 Å². The van der Waals surface area contributed by atoms with Crippen LogP contribution in [-0.2, 0) is 46.5 Å². The van der Waals surface area contributed by atoms with Crippen molar-refractivity contribution in [3.8, 4) is 22.4 Å². The highest BCUT2D eigenvalue weighted by Crippen LogP contribution is 2.33. The molecule has 4 atom stereocenters. The number of likely N-dealkylation sites (N-methyl/N-ethyl adjacent to an activating group) is 1. The van der Waals surface area contributed by atoms with E-state index in [1.54, 1.807) is 79.2 Å². The average Bonchev–Trinajstić information content (AvgIpc) is 1.54. The molecule has 0 bridgehead atoms. The number of benzene rings is 4. The van der Waals surface area contributed by atoms with Gasteiger partial charge in [0.25, 0.3) is 5.56 Å². The maximum atomic E-state index is 13.8. The van der Waals surface area contributed by atoms with Crippen LogP contribution in [0.15, 0.2) is 136 Å². The van der Waals surface area contributed by atoms with Crippen molar-refractivity contribution in [2.45, 2.75) is 95.5 Å². The van der Waals surface area contributed by atoms with Crippen LogP contribution >= 0.6 is 0 Å². The number of H-pyrrole nitrogens is 2. The minimum absolute atomic E-state index is 0.00371. The molecule has 8 rings (SSSR count). The summed E-state index contributed by atoms with van der Waals surface area (Å²) in [6, 6.07) is 30.7. The molecular weight excluding hydrogens is 1130 g/mol. The van der Waals surface area contributed by atoms with Crippen molar-refractivity contribution >= 4 is 74.9 Å². The highest BCUT2D eigenvalue weighted by Gasteiger charge is 2.33. The molecule has 1 fully saturated rings. The van der Waals surface area contributed by atoms with Crippen molar-refractivity contribution in [2.75, 3.05) is 45.2 Å². The highest BCUT2D eigenvalue weighted by molar-refractivity contribution is 5.98. The summed E-state index contributed by atoms with van der Waals surface area (Å²) in [5, 5.41) is 28.7. The number of nitrogens with one attached hydrogen (secondary N) is 9. The van der Waals surface area contributed by atoms with Crippen LogP contribution in [0.4, 0.5) is 5.69 Å². The number of hydrogen-bond donors (Lipinski definition) is 12. The average molecular weight is 1200 g/mol. The molecule has 3 aromatic heterocycles. The summed E-state index contributed by atoms with van der Waals surface area (Å²) >= 11 is 0. The zero-order valence-corrected chi connectivity index (χ0v) is 49.3. The molecule has 462 valence electrons. The van der Waals surface area contributed by atoms with E-state index in [4.69, 9.17) is 16.5 Å². The number of aromatic amines is 2. The molecule has 14 N–H and O–H groups in total. The van der Waals surface area contributed by atoms with Crippen LogP contribution in [0.1, 0.15) is 69.5 Å². The molecule has 0 radical (unpaired) electrons. The number of rotatable bonds is 27. The van der Waals surface area contributed by atoms with Crippen LogP contribution in [0.3, 0.4) is 0 Å². The number of imidazole rings is 1. The van der Waals surface area contributed by atoms with E-state index in [-0.39, 0.29) is 61.9 Å². The summed E-state index contributed by atoms with van der Waals surface area (Å²) < 4.78 is 1.74. The normalized spacial score (nSPS) is 14.0. The number of guanidine groups is 1. The molecule has 4 unspecified atom stereocenters. The Morgan fingerprint density at radius 2 is 1.41 bits per heavy atom. The van der Waals surface area contributed by atoms with Crippen LogP contribution < -0.4 is 59.9 Å². The van der Waals surface area contributed by atoms with Gasteiger partial charge in [-0.25, -0.2) is 9.78 Å². The van der Waals surface area contributed by atoms with Gasteiger partial charge in [-0.3, -0.25) is 52.8 Å². The van der Waals surface area contributed by atoms with E-state index in [0.29, 0.717) is 47.0 Å². The second kappa shape index (κ2) is 30.4. The summed E-state index contributed by atoms with van der Waals surface area (Å²) in [6.45, 7) is 4.13. The first-order valence-electron chi connectivity index (χ1n) is 29.2. The second-order valence-electron chi connectivity index (χ2n) is 22.0. The van der Waals surface area contributed by atoms with E-state index in [0.717, 1.165) is 46.6 Å². The predicted molar refractivity (Wildman–Crippen MR) is 334 cm³/mol. The van der Waals surface area contributed by atoms with Crippen LogP contribution in [0.2, 0.25) is 0 Å². The minimum atomic E-state index is -1.51. The lowest BCUT2D eigenvalue weighted by Crippen LogP contribution is -2.60. The van der Waals surface area contributed by atoms with Gasteiger partial charge in [0.15, 0.2) is 5.96 Å². The number of piperidine rings is 1. The standard InChI is InChI=1S/C63H75N15O10/c1-37(2)55(61(87)74-50(36-79)60(86)73-49(58(84)66-3)31-38-11-6-4-7-12-38)76-59(85)48(15-10-27-68-62(64)65)71-54(82)34-69-52(80)22-23-53(81)70-42-20-21-47-51(32-42)78(63(88)75-47)43-25-29-77(30-26-43)35-39-16-18-41(19-17-39)56-44(40-13-8-5-9-14-40)33-45-46(72-56)24-28-67-57(45)83/h4-9,11-14,16-21,24,28,32-33,37,43,48-50,55,79H,10,15,22-23,25-27,29-31,34-36H2,1-3H3,(H,66,84)(H,67,83)(H,69,80)(H,70,81)(H,71,82)(H,73,86)(H,74,87)(H,75,88)(H,76,85)(H4,64,65,68). The number of fused-ring (bicyclic) bond motifs is 2. The minimum Gasteiger partial charge on any atom is -0.394 e. The first kappa shape index (κ1) is 64.0. The first-order valence-corrected chi connectivity index (χ1v) is 29.2. The number of aliphatic hydroxyl groups is 1. The summed E-state index contributed by atoms with van der Waals surface area (Å²) in [5.74, 6) is -5.60. The Bertz CT molecular complexity index is 3760. The largest absolute Gasteiger partial charge is 0.394 e. The Morgan fingerprint density at radius 1 is 0.727 bits per heavy atom. The number of nitrogens with two attached hydrogens (primary N) is 2. The fourth-order valence-corrected chi connectivity index (χ4v) is 10.6. The Balaban J connectivity index is 0.808. The molecule has 0 saturated carbocycles. The topological polar surface area (TPSA) is 375 Å². The van der Waals surface area contributed by atoms with Crippen molar-refractivity contribution in [1.29, 1.82) is 0 Å².